The Morgan fingerprint density at radius 2 is 2.33 bits per heavy atom. The van der Waals surface area contributed by atoms with Crippen LogP contribution in [0, 0.1) is 10.1 Å². The lowest BCUT2D eigenvalue weighted by atomic mass is 10.1. The van der Waals surface area contributed by atoms with E-state index in [4.69, 9.17) is 9.47 Å². The Kier molecular flexibility index (Phi) is 5.10. The standard InChI is InChI=1S/C14H18N2O5/c1-2-6-15-9-10-8-11(16(18)19)3-4-12(10)21-13-5-7-20-14(13)17/h3-4,8,13,15H,2,5-7,9H2,1H3. The molecule has 1 aromatic rings. The molecule has 0 aromatic heterocycles. The molecule has 0 spiro atoms. The van der Waals surface area contributed by atoms with Crippen molar-refractivity contribution < 1.29 is 19.2 Å². The van der Waals surface area contributed by atoms with Crippen LogP contribution in [0.25, 0.3) is 0 Å². The van der Waals surface area contributed by atoms with E-state index in [1.807, 2.05) is 6.92 Å². The van der Waals surface area contributed by atoms with Crippen molar-refractivity contribution in [3.05, 3.63) is 33.9 Å². The zero-order valence-corrected chi connectivity index (χ0v) is 11.8. The molecular weight excluding hydrogens is 276 g/mol. The van der Waals surface area contributed by atoms with Gasteiger partial charge in [-0.3, -0.25) is 10.1 Å². The second-order valence-electron chi connectivity index (χ2n) is 4.79. The van der Waals surface area contributed by atoms with Crippen LogP contribution in [-0.4, -0.2) is 30.1 Å². The monoisotopic (exact) mass is 294 g/mol. The maximum Gasteiger partial charge on any atom is 0.347 e. The number of nitrogens with one attached hydrogen (secondary N) is 1. The number of benzene rings is 1. The minimum absolute atomic E-state index is 0.00430. The molecule has 1 unspecified atom stereocenters. The van der Waals surface area contributed by atoms with Gasteiger partial charge in [0.1, 0.15) is 5.75 Å². The van der Waals surface area contributed by atoms with E-state index < -0.39 is 11.0 Å². The number of carbonyl (C=O) groups is 1. The van der Waals surface area contributed by atoms with Crippen LogP contribution < -0.4 is 10.1 Å². The highest BCUT2D eigenvalue weighted by Gasteiger charge is 2.29. The van der Waals surface area contributed by atoms with Crippen molar-refractivity contribution in [1.82, 2.24) is 5.32 Å². The van der Waals surface area contributed by atoms with Gasteiger partial charge in [0, 0.05) is 30.7 Å². The minimum atomic E-state index is -0.628. The van der Waals surface area contributed by atoms with Gasteiger partial charge in [0.2, 0.25) is 0 Å². The van der Waals surface area contributed by atoms with Crippen molar-refractivity contribution in [2.75, 3.05) is 13.2 Å². The lowest BCUT2D eigenvalue weighted by molar-refractivity contribution is -0.384. The maximum absolute atomic E-state index is 11.5. The molecule has 2 rings (SSSR count). The van der Waals surface area contributed by atoms with Crippen molar-refractivity contribution in [2.24, 2.45) is 0 Å². The molecule has 1 aliphatic rings. The Hall–Kier alpha value is -2.15. The highest BCUT2D eigenvalue weighted by atomic mass is 16.6. The minimum Gasteiger partial charge on any atom is -0.478 e. The van der Waals surface area contributed by atoms with Crippen LogP contribution in [-0.2, 0) is 16.1 Å². The Balaban J connectivity index is 2.17. The molecule has 1 aromatic carbocycles. The second-order valence-corrected chi connectivity index (χ2v) is 4.79. The van der Waals surface area contributed by atoms with Crippen LogP contribution in [0.3, 0.4) is 0 Å². The third-order valence-electron chi connectivity index (χ3n) is 3.15. The van der Waals surface area contributed by atoms with Gasteiger partial charge in [0.05, 0.1) is 11.5 Å². The summed E-state index contributed by atoms with van der Waals surface area (Å²) in [6, 6.07) is 4.38. The molecule has 1 atom stereocenters. The number of nitro groups is 1. The van der Waals surface area contributed by atoms with Crippen LogP contribution in [0.2, 0.25) is 0 Å². The Morgan fingerprint density at radius 3 is 2.95 bits per heavy atom. The van der Waals surface area contributed by atoms with Crippen molar-refractivity contribution in [3.8, 4) is 5.75 Å². The molecule has 1 N–H and O–H groups in total. The largest absolute Gasteiger partial charge is 0.478 e. The number of ether oxygens (including phenoxy) is 2. The SMILES string of the molecule is CCCNCc1cc([N+](=O)[O-])ccc1OC1CCOC1=O. The molecule has 7 nitrogen and oxygen atoms in total. The summed E-state index contributed by atoms with van der Waals surface area (Å²) in [6.07, 6.45) is 0.828. The number of non-ortho nitro benzene ring substituents is 1. The highest BCUT2D eigenvalue weighted by molar-refractivity contribution is 5.76. The molecule has 7 heteroatoms. The van der Waals surface area contributed by atoms with Crippen molar-refractivity contribution in [3.63, 3.8) is 0 Å². The van der Waals surface area contributed by atoms with E-state index in [2.05, 4.69) is 5.32 Å². The predicted molar refractivity (Wildman–Crippen MR) is 75.1 cm³/mol. The molecule has 114 valence electrons. The van der Waals surface area contributed by atoms with Crippen LogP contribution in [0.15, 0.2) is 18.2 Å². The first-order chi connectivity index (χ1) is 10.1. The summed E-state index contributed by atoms with van der Waals surface area (Å²) in [4.78, 5) is 21.9. The smallest absolute Gasteiger partial charge is 0.347 e. The second kappa shape index (κ2) is 7.03. The average Bonchev–Trinajstić information content (AvgIpc) is 2.86. The summed E-state index contributed by atoms with van der Waals surface area (Å²) >= 11 is 0. The third kappa shape index (κ3) is 3.91. The summed E-state index contributed by atoms with van der Waals surface area (Å²) in [5.41, 5.74) is 0.669. The predicted octanol–water partition coefficient (Wildman–Crippen LogP) is 1.79. The summed E-state index contributed by atoms with van der Waals surface area (Å²) in [5.74, 6) is 0.0915. The van der Waals surface area contributed by atoms with Crippen LogP contribution in [0.4, 0.5) is 5.69 Å². The van der Waals surface area contributed by atoms with E-state index in [-0.39, 0.29) is 11.7 Å². The number of hydrogen-bond acceptors (Lipinski definition) is 6. The zero-order valence-electron chi connectivity index (χ0n) is 11.8. The number of carbonyl (C=O) groups excluding carboxylic acids is 1. The van der Waals surface area contributed by atoms with Crippen molar-refractivity contribution >= 4 is 11.7 Å². The fourth-order valence-corrected chi connectivity index (χ4v) is 2.07. The van der Waals surface area contributed by atoms with Gasteiger partial charge in [-0.2, -0.15) is 0 Å². The fourth-order valence-electron chi connectivity index (χ4n) is 2.07. The average molecular weight is 294 g/mol. The highest BCUT2D eigenvalue weighted by Crippen LogP contribution is 2.26. The Labute approximate surface area is 122 Å². The van der Waals surface area contributed by atoms with Gasteiger partial charge >= 0.3 is 5.97 Å². The first-order valence-electron chi connectivity index (χ1n) is 6.93. The van der Waals surface area contributed by atoms with E-state index in [0.717, 1.165) is 13.0 Å². The van der Waals surface area contributed by atoms with Crippen LogP contribution in [0.5, 0.6) is 5.75 Å². The molecule has 0 bridgehead atoms. The van der Waals surface area contributed by atoms with Gasteiger partial charge in [-0.1, -0.05) is 6.92 Å². The molecule has 1 heterocycles. The Morgan fingerprint density at radius 1 is 1.52 bits per heavy atom. The number of esters is 1. The number of cyclic esters (lactones) is 1. The quantitative estimate of drug-likeness (QED) is 0.357. The molecule has 1 fully saturated rings. The van der Waals surface area contributed by atoms with Gasteiger partial charge in [-0.05, 0) is 19.0 Å². The number of nitrogens with zero attached hydrogens (tertiary/aromatic N) is 1. The van der Waals surface area contributed by atoms with E-state index in [1.165, 1.54) is 18.2 Å². The molecule has 0 aliphatic carbocycles. The molecule has 0 radical (unpaired) electrons. The molecule has 21 heavy (non-hydrogen) atoms. The molecular formula is C14H18N2O5. The Bertz CT molecular complexity index is 532. The summed E-state index contributed by atoms with van der Waals surface area (Å²) in [5, 5.41) is 14.0. The molecule has 0 saturated carbocycles. The van der Waals surface area contributed by atoms with E-state index in [1.54, 1.807) is 0 Å². The number of nitro benzene ring substituents is 1. The summed E-state index contributed by atoms with van der Waals surface area (Å²) in [7, 11) is 0. The normalized spacial score (nSPS) is 17.6. The van der Waals surface area contributed by atoms with Gasteiger partial charge < -0.3 is 14.8 Å². The molecule has 1 saturated heterocycles. The van der Waals surface area contributed by atoms with E-state index in [9.17, 15) is 14.9 Å². The van der Waals surface area contributed by atoms with Gasteiger partial charge in [-0.15, -0.1) is 0 Å². The third-order valence-corrected chi connectivity index (χ3v) is 3.15. The first kappa shape index (κ1) is 15.2. The van der Waals surface area contributed by atoms with Gasteiger partial charge in [0.25, 0.3) is 5.69 Å². The lowest BCUT2D eigenvalue weighted by Crippen LogP contribution is -2.23. The first-order valence-corrected chi connectivity index (χ1v) is 6.93. The summed E-state index contributed by atoms with van der Waals surface area (Å²) in [6.45, 7) is 3.63. The molecule has 1 aliphatic heterocycles. The topological polar surface area (TPSA) is 90.7 Å². The van der Waals surface area contributed by atoms with Gasteiger partial charge in [-0.25, -0.2) is 4.79 Å². The number of hydrogen-bond donors (Lipinski definition) is 1. The van der Waals surface area contributed by atoms with E-state index in [0.29, 0.717) is 30.9 Å². The fraction of sp³-hybridized carbons (Fsp3) is 0.500. The van der Waals surface area contributed by atoms with Crippen molar-refractivity contribution in [1.29, 1.82) is 0 Å². The van der Waals surface area contributed by atoms with Gasteiger partial charge in [0.15, 0.2) is 6.10 Å². The van der Waals surface area contributed by atoms with Crippen LogP contribution >= 0.6 is 0 Å². The maximum atomic E-state index is 11.5. The van der Waals surface area contributed by atoms with Crippen LogP contribution in [0.1, 0.15) is 25.3 Å². The zero-order chi connectivity index (χ0) is 15.2. The lowest BCUT2D eigenvalue weighted by Gasteiger charge is -2.14. The molecule has 0 amide bonds. The van der Waals surface area contributed by atoms with E-state index >= 15 is 0 Å². The summed E-state index contributed by atoms with van der Waals surface area (Å²) < 4.78 is 10.5. The van der Waals surface area contributed by atoms with Crippen molar-refractivity contribution in [2.45, 2.75) is 32.4 Å². The number of rotatable bonds is 7.